The molecule has 1 heterocycles. The normalized spacial score (nSPS) is 27.9. The largest absolute Gasteiger partial charge is 0.392 e. The third-order valence-corrected chi connectivity index (χ3v) is 2.80. The number of nitrogens with zero attached hydrogens (tertiary/aromatic N) is 2. The van der Waals surface area contributed by atoms with Gasteiger partial charge in [0.2, 0.25) is 0 Å². The van der Waals surface area contributed by atoms with E-state index < -0.39 is 0 Å². The molecule has 14 heavy (non-hydrogen) atoms. The van der Waals surface area contributed by atoms with Crippen molar-refractivity contribution in [3.05, 3.63) is 0 Å². The lowest BCUT2D eigenvalue weighted by Crippen LogP contribution is -2.54. The summed E-state index contributed by atoms with van der Waals surface area (Å²) in [5.74, 6) is 0. The molecular formula is C10H23N3O. The van der Waals surface area contributed by atoms with E-state index in [0.29, 0.717) is 12.6 Å². The fraction of sp³-hybridized carbons (Fsp3) is 1.00. The van der Waals surface area contributed by atoms with Crippen LogP contribution in [0.4, 0.5) is 0 Å². The smallest absolute Gasteiger partial charge is 0.0636 e. The van der Waals surface area contributed by atoms with Gasteiger partial charge in [0.05, 0.1) is 6.10 Å². The number of piperazine rings is 1. The number of hydrogen-bond acceptors (Lipinski definition) is 4. The molecule has 0 aliphatic carbocycles. The average Bonchev–Trinajstić information content (AvgIpc) is 2.10. The molecule has 0 amide bonds. The molecular weight excluding hydrogens is 178 g/mol. The van der Waals surface area contributed by atoms with Crippen LogP contribution in [0.3, 0.4) is 0 Å². The van der Waals surface area contributed by atoms with Crippen LogP contribution in [0.1, 0.15) is 6.92 Å². The van der Waals surface area contributed by atoms with Crippen molar-refractivity contribution in [3.8, 4) is 0 Å². The summed E-state index contributed by atoms with van der Waals surface area (Å²) in [5, 5.41) is 12.4. The Morgan fingerprint density at radius 2 is 2.14 bits per heavy atom. The quantitative estimate of drug-likeness (QED) is 0.625. The fourth-order valence-electron chi connectivity index (χ4n) is 1.78. The molecule has 1 saturated heterocycles. The molecule has 0 spiro atoms. The maximum absolute atomic E-state index is 9.11. The minimum atomic E-state index is -0.248. The number of likely N-dealkylation sites (N-methyl/N-ethyl adjacent to an activating group) is 2. The Balaban J connectivity index is 2.20. The molecule has 2 N–H and O–H groups in total. The maximum atomic E-state index is 9.11. The molecule has 1 rings (SSSR count). The summed E-state index contributed by atoms with van der Waals surface area (Å²) < 4.78 is 0. The second kappa shape index (κ2) is 5.66. The summed E-state index contributed by atoms with van der Waals surface area (Å²) in [6, 6.07) is 0.576. The van der Waals surface area contributed by atoms with Gasteiger partial charge in [-0.3, -0.25) is 4.90 Å². The number of nitrogens with one attached hydrogen (secondary N) is 1. The van der Waals surface area contributed by atoms with Crippen molar-refractivity contribution < 1.29 is 5.11 Å². The number of rotatable bonds is 4. The van der Waals surface area contributed by atoms with Crippen molar-refractivity contribution in [3.63, 3.8) is 0 Å². The average molecular weight is 201 g/mol. The molecule has 0 aromatic heterocycles. The Kier molecular flexibility index (Phi) is 4.81. The van der Waals surface area contributed by atoms with E-state index in [0.717, 1.165) is 26.2 Å². The summed E-state index contributed by atoms with van der Waals surface area (Å²) >= 11 is 0. The van der Waals surface area contributed by atoms with Gasteiger partial charge >= 0.3 is 0 Å². The van der Waals surface area contributed by atoms with Gasteiger partial charge in [-0.25, -0.2) is 0 Å². The van der Waals surface area contributed by atoms with E-state index in [4.69, 9.17) is 5.11 Å². The van der Waals surface area contributed by atoms with Gasteiger partial charge in [0.25, 0.3) is 0 Å². The molecule has 4 heteroatoms. The van der Waals surface area contributed by atoms with Crippen LogP contribution in [-0.4, -0.2) is 73.9 Å². The van der Waals surface area contributed by atoms with Crippen LogP contribution in [0.2, 0.25) is 0 Å². The molecule has 0 aromatic carbocycles. The van der Waals surface area contributed by atoms with Gasteiger partial charge in [-0.15, -0.1) is 0 Å². The van der Waals surface area contributed by atoms with Crippen molar-refractivity contribution in [2.24, 2.45) is 0 Å². The minimum absolute atomic E-state index is 0.248. The van der Waals surface area contributed by atoms with Crippen molar-refractivity contribution in [2.75, 3.05) is 46.8 Å². The highest BCUT2D eigenvalue weighted by molar-refractivity contribution is 4.80. The third kappa shape index (κ3) is 3.92. The summed E-state index contributed by atoms with van der Waals surface area (Å²) in [6.45, 7) is 6.87. The molecule has 1 aliphatic rings. The van der Waals surface area contributed by atoms with E-state index in [1.165, 1.54) is 0 Å². The first-order chi connectivity index (χ1) is 6.59. The highest BCUT2D eigenvalue weighted by atomic mass is 16.3. The van der Waals surface area contributed by atoms with E-state index in [1.807, 2.05) is 6.92 Å². The van der Waals surface area contributed by atoms with Gasteiger partial charge in [0, 0.05) is 38.8 Å². The Labute approximate surface area is 86.9 Å². The highest BCUT2D eigenvalue weighted by Crippen LogP contribution is 2.04. The first-order valence-electron chi connectivity index (χ1n) is 5.37. The molecule has 84 valence electrons. The fourth-order valence-corrected chi connectivity index (χ4v) is 1.78. The van der Waals surface area contributed by atoms with Gasteiger partial charge in [-0.1, -0.05) is 0 Å². The lowest BCUT2D eigenvalue weighted by Gasteiger charge is -2.37. The Bertz CT molecular complexity index is 163. The van der Waals surface area contributed by atoms with Gasteiger partial charge in [-0.05, 0) is 21.0 Å². The van der Waals surface area contributed by atoms with E-state index >= 15 is 0 Å². The summed E-state index contributed by atoms with van der Waals surface area (Å²) in [5.41, 5.74) is 0. The van der Waals surface area contributed by atoms with Gasteiger partial charge in [0.1, 0.15) is 0 Å². The first kappa shape index (κ1) is 11.9. The molecule has 2 atom stereocenters. The molecule has 0 aromatic rings. The highest BCUT2D eigenvalue weighted by Gasteiger charge is 2.21. The van der Waals surface area contributed by atoms with Crippen LogP contribution in [-0.2, 0) is 0 Å². The molecule has 4 nitrogen and oxygen atoms in total. The summed E-state index contributed by atoms with van der Waals surface area (Å²) in [4.78, 5) is 4.74. The SMILES string of the molecule is C[C@H](O)CNCC1CN(C)CCN1C. The molecule has 0 radical (unpaired) electrons. The van der Waals surface area contributed by atoms with E-state index in [1.54, 1.807) is 0 Å². The van der Waals surface area contributed by atoms with Crippen molar-refractivity contribution in [1.29, 1.82) is 0 Å². The van der Waals surface area contributed by atoms with E-state index in [2.05, 4.69) is 29.2 Å². The van der Waals surface area contributed by atoms with Crippen LogP contribution in [0, 0.1) is 0 Å². The molecule has 0 saturated carbocycles. The van der Waals surface area contributed by atoms with Crippen molar-refractivity contribution >= 4 is 0 Å². The third-order valence-electron chi connectivity index (χ3n) is 2.80. The molecule has 1 unspecified atom stereocenters. The lowest BCUT2D eigenvalue weighted by molar-refractivity contribution is 0.109. The molecule has 1 aliphatic heterocycles. The van der Waals surface area contributed by atoms with Crippen LogP contribution < -0.4 is 5.32 Å². The first-order valence-corrected chi connectivity index (χ1v) is 5.37. The van der Waals surface area contributed by atoms with Gasteiger partial charge in [0.15, 0.2) is 0 Å². The van der Waals surface area contributed by atoms with Crippen LogP contribution >= 0.6 is 0 Å². The zero-order valence-corrected chi connectivity index (χ0v) is 9.53. The summed E-state index contributed by atoms with van der Waals surface area (Å²) in [6.07, 6.45) is -0.248. The van der Waals surface area contributed by atoms with Crippen LogP contribution in [0.15, 0.2) is 0 Å². The van der Waals surface area contributed by atoms with Crippen molar-refractivity contribution in [1.82, 2.24) is 15.1 Å². The topological polar surface area (TPSA) is 38.7 Å². The zero-order valence-electron chi connectivity index (χ0n) is 9.53. The number of aliphatic hydroxyl groups excluding tert-OH is 1. The predicted octanol–water partition coefficient (Wildman–Crippen LogP) is -0.797. The Morgan fingerprint density at radius 3 is 2.79 bits per heavy atom. The van der Waals surface area contributed by atoms with Crippen molar-refractivity contribution in [2.45, 2.75) is 19.1 Å². The Hall–Kier alpha value is -0.160. The summed E-state index contributed by atoms with van der Waals surface area (Å²) in [7, 11) is 4.33. The zero-order chi connectivity index (χ0) is 10.6. The van der Waals surface area contributed by atoms with Crippen LogP contribution in [0.25, 0.3) is 0 Å². The maximum Gasteiger partial charge on any atom is 0.0636 e. The van der Waals surface area contributed by atoms with Crippen LogP contribution in [0.5, 0.6) is 0 Å². The van der Waals surface area contributed by atoms with Gasteiger partial charge in [-0.2, -0.15) is 0 Å². The second-order valence-electron chi connectivity index (χ2n) is 4.40. The van der Waals surface area contributed by atoms with E-state index in [9.17, 15) is 0 Å². The Morgan fingerprint density at radius 1 is 1.43 bits per heavy atom. The lowest BCUT2D eigenvalue weighted by atomic mass is 10.2. The predicted molar refractivity (Wildman–Crippen MR) is 58.5 cm³/mol. The number of hydrogen-bond donors (Lipinski definition) is 2. The molecule has 1 fully saturated rings. The monoisotopic (exact) mass is 201 g/mol. The second-order valence-corrected chi connectivity index (χ2v) is 4.40. The standard InChI is InChI=1S/C10H23N3O/c1-9(14)6-11-7-10-8-12(2)4-5-13(10)3/h9-11,14H,4-8H2,1-3H3/t9-,10?/m0/s1. The van der Waals surface area contributed by atoms with Gasteiger partial charge < -0.3 is 15.3 Å². The molecule has 0 bridgehead atoms. The van der Waals surface area contributed by atoms with E-state index in [-0.39, 0.29) is 6.10 Å². The number of aliphatic hydroxyl groups is 1. The minimum Gasteiger partial charge on any atom is -0.392 e.